The Hall–Kier alpha value is -0.180. The zero-order valence-corrected chi connectivity index (χ0v) is 8.69. The van der Waals surface area contributed by atoms with E-state index in [0.717, 1.165) is 13.0 Å². The van der Waals surface area contributed by atoms with E-state index in [9.17, 15) is 8.78 Å². The van der Waals surface area contributed by atoms with Crippen LogP contribution >= 0.6 is 0 Å². The third kappa shape index (κ3) is 3.59. The van der Waals surface area contributed by atoms with Gasteiger partial charge in [-0.3, -0.25) is 4.90 Å². The molecule has 0 spiro atoms. The predicted molar refractivity (Wildman–Crippen MR) is 50.3 cm³/mol. The third-order valence-electron chi connectivity index (χ3n) is 2.44. The summed E-state index contributed by atoms with van der Waals surface area (Å²) in [5.74, 6) is 0. The van der Waals surface area contributed by atoms with Crippen molar-refractivity contribution in [2.24, 2.45) is 5.41 Å². The van der Waals surface area contributed by atoms with E-state index >= 15 is 0 Å². The lowest BCUT2D eigenvalue weighted by Crippen LogP contribution is -2.25. The van der Waals surface area contributed by atoms with Gasteiger partial charge in [0, 0.05) is 13.1 Å². The third-order valence-corrected chi connectivity index (χ3v) is 2.44. The van der Waals surface area contributed by atoms with Gasteiger partial charge in [-0.05, 0) is 18.4 Å². The summed E-state index contributed by atoms with van der Waals surface area (Å²) in [5, 5.41) is 0. The summed E-state index contributed by atoms with van der Waals surface area (Å²) in [4.78, 5) is 1.88. The van der Waals surface area contributed by atoms with E-state index in [4.69, 9.17) is 0 Å². The SMILES string of the molecule is CC(C)(C)CCN1CC(F)C(F)C1. The molecule has 0 aromatic carbocycles. The van der Waals surface area contributed by atoms with Crippen LogP contribution in [0.2, 0.25) is 0 Å². The quantitative estimate of drug-likeness (QED) is 0.648. The largest absolute Gasteiger partial charge is 0.297 e. The van der Waals surface area contributed by atoms with Crippen molar-refractivity contribution in [1.29, 1.82) is 0 Å². The normalized spacial score (nSPS) is 31.2. The molecule has 0 aliphatic carbocycles. The predicted octanol–water partition coefficient (Wildman–Crippen LogP) is 2.41. The van der Waals surface area contributed by atoms with Crippen molar-refractivity contribution in [3.63, 3.8) is 0 Å². The summed E-state index contributed by atoms with van der Waals surface area (Å²) >= 11 is 0. The molecule has 2 unspecified atom stereocenters. The smallest absolute Gasteiger partial charge is 0.145 e. The molecule has 0 saturated carbocycles. The molecular weight excluding hydrogens is 172 g/mol. The van der Waals surface area contributed by atoms with Crippen LogP contribution in [-0.4, -0.2) is 36.9 Å². The fourth-order valence-electron chi connectivity index (χ4n) is 1.47. The minimum atomic E-state index is -1.26. The van der Waals surface area contributed by atoms with Crippen LogP contribution in [-0.2, 0) is 0 Å². The molecule has 0 bridgehead atoms. The highest BCUT2D eigenvalue weighted by Crippen LogP contribution is 2.22. The molecule has 1 saturated heterocycles. The Labute approximate surface area is 79.1 Å². The number of alkyl halides is 2. The van der Waals surface area contributed by atoms with E-state index in [0.29, 0.717) is 0 Å². The van der Waals surface area contributed by atoms with Crippen molar-refractivity contribution in [2.45, 2.75) is 39.5 Å². The van der Waals surface area contributed by atoms with Crippen LogP contribution in [0, 0.1) is 5.41 Å². The van der Waals surface area contributed by atoms with Gasteiger partial charge in [-0.25, -0.2) is 8.78 Å². The van der Waals surface area contributed by atoms with E-state index in [-0.39, 0.29) is 18.5 Å². The van der Waals surface area contributed by atoms with Crippen molar-refractivity contribution >= 4 is 0 Å². The zero-order valence-electron chi connectivity index (χ0n) is 8.69. The molecular formula is C10H19F2N. The Morgan fingerprint density at radius 3 is 2.00 bits per heavy atom. The van der Waals surface area contributed by atoms with Gasteiger partial charge in [-0.15, -0.1) is 0 Å². The molecule has 1 heterocycles. The molecule has 78 valence electrons. The standard InChI is InChI=1S/C10H19F2N/c1-10(2,3)4-5-13-6-8(11)9(12)7-13/h8-9H,4-7H2,1-3H3. The molecule has 1 aliphatic heterocycles. The van der Waals surface area contributed by atoms with Crippen LogP contribution < -0.4 is 0 Å². The van der Waals surface area contributed by atoms with E-state index in [1.165, 1.54) is 0 Å². The Morgan fingerprint density at radius 2 is 1.62 bits per heavy atom. The van der Waals surface area contributed by atoms with E-state index in [2.05, 4.69) is 20.8 Å². The lowest BCUT2D eigenvalue weighted by Gasteiger charge is -2.22. The van der Waals surface area contributed by atoms with Crippen molar-refractivity contribution < 1.29 is 8.78 Å². The Bertz CT molecular complexity index is 155. The molecule has 13 heavy (non-hydrogen) atoms. The van der Waals surface area contributed by atoms with Crippen molar-refractivity contribution in [2.75, 3.05) is 19.6 Å². The first-order valence-corrected chi connectivity index (χ1v) is 4.89. The first-order chi connectivity index (χ1) is 5.88. The molecule has 1 aliphatic rings. The highest BCUT2D eigenvalue weighted by Gasteiger charge is 2.32. The van der Waals surface area contributed by atoms with Gasteiger partial charge < -0.3 is 0 Å². The Kier molecular flexibility index (Phi) is 3.28. The maximum absolute atomic E-state index is 12.8. The molecule has 0 radical (unpaired) electrons. The van der Waals surface area contributed by atoms with Crippen LogP contribution in [0.5, 0.6) is 0 Å². The number of hydrogen-bond donors (Lipinski definition) is 0. The molecule has 0 amide bonds. The fourth-order valence-corrected chi connectivity index (χ4v) is 1.47. The Morgan fingerprint density at radius 1 is 1.15 bits per heavy atom. The number of likely N-dealkylation sites (tertiary alicyclic amines) is 1. The summed E-state index contributed by atoms with van der Waals surface area (Å²) in [6, 6.07) is 0. The topological polar surface area (TPSA) is 3.24 Å². The molecule has 1 rings (SSSR count). The van der Waals surface area contributed by atoms with E-state index in [1.54, 1.807) is 0 Å². The molecule has 0 aromatic heterocycles. The van der Waals surface area contributed by atoms with Gasteiger partial charge in [0.25, 0.3) is 0 Å². The van der Waals surface area contributed by atoms with Crippen molar-refractivity contribution in [3.05, 3.63) is 0 Å². The van der Waals surface area contributed by atoms with Crippen LogP contribution in [0.1, 0.15) is 27.2 Å². The van der Waals surface area contributed by atoms with Crippen LogP contribution in [0.25, 0.3) is 0 Å². The monoisotopic (exact) mass is 191 g/mol. The molecule has 2 atom stereocenters. The molecule has 0 N–H and O–H groups in total. The highest BCUT2D eigenvalue weighted by atomic mass is 19.2. The lowest BCUT2D eigenvalue weighted by molar-refractivity contribution is 0.217. The van der Waals surface area contributed by atoms with Gasteiger partial charge in [-0.2, -0.15) is 0 Å². The maximum Gasteiger partial charge on any atom is 0.145 e. The summed E-state index contributed by atoms with van der Waals surface area (Å²) < 4.78 is 25.5. The first-order valence-electron chi connectivity index (χ1n) is 4.89. The minimum Gasteiger partial charge on any atom is -0.297 e. The van der Waals surface area contributed by atoms with Crippen LogP contribution in [0.15, 0.2) is 0 Å². The molecule has 3 heteroatoms. The van der Waals surface area contributed by atoms with Crippen LogP contribution in [0.4, 0.5) is 8.78 Å². The first kappa shape index (κ1) is 10.9. The summed E-state index contributed by atoms with van der Waals surface area (Å²) in [7, 11) is 0. The maximum atomic E-state index is 12.8. The van der Waals surface area contributed by atoms with Crippen molar-refractivity contribution in [1.82, 2.24) is 4.90 Å². The van der Waals surface area contributed by atoms with Crippen molar-refractivity contribution in [3.8, 4) is 0 Å². The number of rotatable bonds is 2. The fraction of sp³-hybridized carbons (Fsp3) is 1.00. The second kappa shape index (κ2) is 3.91. The minimum absolute atomic E-state index is 0.250. The van der Waals surface area contributed by atoms with Gasteiger partial charge in [0.2, 0.25) is 0 Å². The van der Waals surface area contributed by atoms with Gasteiger partial charge in [0.05, 0.1) is 0 Å². The highest BCUT2D eigenvalue weighted by molar-refractivity contribution is 4.84. The average Bonchev–Trinajstić information content (AvgIpc) is 2.27. The molecule has 0 aromatic rings. The number of halogens is 2. The Balaban J connectivity index is 2.25. The molecule has 1 nitrogen and oxygen atoms in total. The summed E-state index contributed by atoms with van der Waals surface area (Å²) in [5.41, 5.74) is 0.250. The number of hydrogen-bond acceptors (Lipinski definition) is 1. The number of nitrogens with zero attached hydrogens (tertiary/aromatic N) is 1. The van der Waals surface area contributed by atoms with Crippen LogP contribution in [0.3, 0.4) is 0 Å². The second-order valence-corrected chi connectivity index (χ2v) is 5.10. The summed E-state index contributed by atoms with van der Waals surface area (Å²) in [6.45, 7) is 7.79. The second-order valence-electron chi connectivity index (χ2n) is 5.10. The van der Waals surface area contributed by atoms with Gasteiger partial charge in [-0.1, -0.05) is 20.8 Å². The summed E-state index contributed by atoms with van der Waals surface area (Å²) in [6.07, 6.45) is -1.54. The molecule has 1 fully saturated rings. The van der Waals surface area contributed by atoms with Gasteiger partial charge in [0.1, 0.15) is 12.3 Å². The van der Waals surface area contributed by atoms with E-state index < -0.39 is 12.3 Å². The zero-order chi connectivity index (χ0) is 10.1. The lowest BCUT2D eigenvalue weighted by atomic mass is 9.92. The van der Waals surface area contributed by atoms with E-state index in [1.807, 2.05) is 4.90 Å². The van der Waals surface area contributed by atoms with Gasteiger partial charge >= 0.3 is 0 Å². The average molecular weight is 191 g/mol. The van der Waals surface area contributed by atoms with Gasteiger partial charge in [0.15, 0.2) is 0 Å².